The smallest absolute Gasteiger partial charge is 0.254 e. The molecule has 0 bridgehead atoms. The second-order valence-corrected chi connectivity index (χ2v) is 12.0. The lowest BCUT2D eigenvalue weighted by atomic mass is 9.87. The highest BCUT2D eigenvalue weighted by Crippen LogP contribution is 2.37. The van der Waals surface area contributed by atoms with Crippen molar-refractivity contribution in [3.8, 4) is 0 Å². The monoisotopic (exact) mass is 558 g/mol. The molecular weight excluding hydrogens is 528 g/mol. The number of halogens is 1. The van der Waals surface area contributed by atoms with Crippen LogP contribution in [-0.2, 0) is 0 Å². The molecule has 3 aromatic carbocycles. The van der Waals surface area contributed by atoms with Gasteiger partial charge in [-0.2, -0.15) is 11.3 Å². The lowest BCUT2D eigenvalue weighted by molar-refractivity contribution is 0.0783. The molecule has 2 unspecified atom stereocenters. The zero-order valence-electron chi connectivity index (χ0n) is 20.4. The van der Waals surface area contributed by atoms with E-state index in [1.54, 1.807) is 11.3 Å². The molecule has 4 aromatic rings. The van der Waals surface area contributed by atoms with Gasteiger partial charge in [0.15, 0.2) is 0 Å². The minimum absolute atomic E-state index is 0.170. The molecule has 5 heteroatoms. The summed E-state index contributed by atoms with van der Waals surface area (Å²) in [5.74, 6) is 1.68. The van der Waals surface area contributed by atoms with E-state index >= 15 is 0 Å². The van der Waals surface area contributed by atoms with Crippen LogP contribution in [-0.4, -0.2) is 48.4 Å². The zero-order chi connectivity index (χ0) is 24.5. The van der Waals surface area contributed by atoms with Crippen molar-refractivity contribution in [1.82, 2.24) is 9.80 Å². The number of likely N-dealkylation sites (tertiary alicyclic amines) is 2. The molecule has 2 aliphatic heterocycles. The fraction of sp³-hybridized carbons (Fsp3) is 0.323. The molecule has 2 fully saturated rings. The largest absolute Gasteiger partial charge is 0.338 e. The topological polar surface area (TPSA) is 23.6 Å². The fourth-order valence-corrected chi connectivity index (χ4v) is 7.17. The van der Waals surface area contributed by atoms with E-state index in [9.17, 15) is 4.79 Å². The molecule has 36 heavy (non-hydrogen) atoms. The van der Waals surface area contributed by atoms with Gasteiger partial charge in [0.05, 0.1) is 0 Å². The number of hydrogen-bond acceptors (Lipinski definition) is 3. The highest BCUT2D eigenvalue weighted by atomic mass is 79.9. The van der Waals surface area contributed by atoms with Gasteiger partial charge in [-0.25, -0.2) is 0 Å². The third-order valence-corrected chi connectivity index (χ3v) is 9.37. The van der Waals surface area contributed by atoms with E-state index in [-0.39, 0.29) is 5.91 Å². The van der Waals surface area contributed by atoms with Crippen LogP contribution in [0.3, 0.4) is 0 Å². The van der Waals surface area contributed by atoms with Gasteiger partial charge in [0, 0.05) is 35.6 Å². The van der Waals surface area contributed by atoms with Crippen LogP contribution in [0.15, 0.2) is 88.0 Å². The van der Waals surface area contributed by atoms with Crippen LogP contribution in [0, 0.1) is 5.92 Å². The molecule has 0 saturated carbocycles. The molecule has 1 aromatic heterocycles. The second-order valence-electron chi connectivity index (χ2n) is 10.3. The average Bonchev–Trinajstić information content (AvgIpc) is 3.59. The van der Waals surface area contributed by atoms with Crippen molar-refractivity contribution in [2.75, 3.05) is 32.7 Å². The SMILES string of the molecule is O=C(c1cccc2ccccc12)N1CC(CN2CCC(c3ccc(Br)cc3)CC2)C(c2ccsc2)C1. The van der Waals surface area contributed by atoms with Crippen molar-refractivity contribution in [2.45, 2.75) is 24.7 Å². The predicted molar refractivity (Wildman–Crippen MR) is 153 cm³/mol. The van der Waals surface area contributed by atoms with Gasteiger partial charge >= 0.3 is 0 Å². The van der Waals surface area contributed by atoms with Crippen LogP contribution in [0.1, 0.15) is 46.2 Å². The van der Waals surface area contributed by atoms with Crippen LogP contribution >= 0.6 is 27.3 Å². The molecule has 0 radical (unpaired) electrons. The molecule has 184 valence electrons. The average molecular weight is 560 g/mol. The first-order valence-electron chi connectivity index (χ1n) is 12.9. The van der Waals surface area contributed by atoms with Gasteiger partial charge in [0.2, 0.25) is 0 Å². The summed E-state index contributed by atoms with van der Waals surface area (Å²) in [5, 5.41) is 6.63. The molecule has 0 aliphatic carbocycles. The Bertz CT molecular complexity index is 1320. The summed E-state index contributed by atoms with van der Waals surface area (Å²) in [5.41, 5.74) is 3.68. The second kappa shape index (κ2) is 10.5. The number of fused-ring (bicyclic) bond motifs is 1. The van der Waals surface area contributed by atoms with Crippen molar-refractivity contribution in [3.63, 3.8) is 0 Å². The molecule has 0 N–H and O–H groups in total. The van der Waals surface area contributed by atoms with E-state index < -0.39 is 0 Å². The number of benzene rings is 3. The Morgan fingerprint density at radius 2 is 1.67 bits per heavy atom. The Balaban J connectivity index is 1.17. The van der Waals surface area contributed by atoms with E-state index in [1.165, 1.54) is 24.0 Å². The number of amides is 1. The molecule has 2 atom stereocenters. The summed E-state index contributed by atoms with van der Waals surface area (Å²) in [7, 11) is 0. The molecule has 2 aliphatic rings. The highest BCUT2D eigenvalue weighted by Gasteiger charge is 2.38. The van der Waals surface area contributed by atoms with Gasteiger partial charge in [-0.3, -0.25) is 4.79 Å². The zero-order valence-corrected chi connectivity index (χ0v) is 22.8. The number of rotatable bonds is 5. The van der Waals surface area contributed by atoms with Crippen molar-refractivity contribution in [2.24, 2.45) is 5.92 Å². The van der Waals surface area contributed by atoms with Crippen LogP contribution in [0.4, 0.5) is 0 Å². The van der Waals surface area contributed by atoms with E-state index in [0.717, 1.165) is 53.5 Å². The highest BCUT2D eigenvalue weighted by molar-refractivity contribution is 9.10. The van der Waals surface area contributed by atoms with Crippen molar-refractivity contribution >= 4 is 43.9 Å². The summed E-state index contributed by atoms with van der Waals surface area (Å²) in [6, 6.07) is 25.4. The number of carbonyl (C=O) groups excluding carboxylic acids is 1. The minimum Gasteiger partial charge on any atom is -0.338 e. The van der Waals surface area contributed by atoms with E-state index in [1.807, 2.05) is 24.3 Å². The first-order valence-corrected chi connectivity index (χ1v) is 14.7. The van der Waals surface area contributed by atoms with E-state index in [4.69, 9.17) is 0 Å². The summed E-state index contributed by atoms with van der Waals surface area (Å²) in [6.07, 6.45) is 2.41. The first kappa shape index (κ1) is 23.9. The number of carbonyl (C=O) groups is 1. The van der Waals surface area contributed by atoms with Crippen LogP contribution in [0.25, 0.3) is 10.8 Å². The normalized spacial score (nSPS) is 21.3. The van der Waals surface area contributed by atoms with Gasteiger partial charge in [-0.1, -0.05) is 64.5 Å². The molecule has 0 spiro atoms. The van der Waals surface area contributed by atoms with Gasteiger partial charge in [0.1, 0.15) is 0 Å². The van der Waals surface area contributed by atoms with E-state index in [0.29, 0.717) is 17.8 Å². The molecule has 2 saturated heterocycles. The predicted octanol–water partition coefficient (Wildman–Crippen LogP) is 7.40. The molecular formula is C31H31BrN2OS. The summed E-state index contributed by atoms with van der Waals surface area (Å²) < 4.78 is 1.15. The first-order chi connectivity index (χ1) is 17.7. The molecule has 1 amide bonds. The van der Waals surface area contributed by atoms with Gasteiger partial charge < -0.3 is 9.80 Å². The van der Waals surface area contributed by atoms with Crippen molar-refractivity contribution in [3.05, 3.63) is 105 Å². The van der Waals surface area contributed by atoms with Gasteiger partial charge in [-0.05, 0) is 94.7 Å². The Morgan fingerprint density at radius 3 is 2.44 bits per heavy atom. The van der Waals surface area contributed by atoms with Gasteiger partial charge in [0.25, 0.3) is 5.91 Å². The Hall–Kier alpha value is -2.47. The molecule has 3 heterocycles. The number of thiophene rings is 1. The molecule has 3 nitrogen and oxygen atoms in total. The van der Waals surface area contributed by atoms with Crippen molar-refractivity contribution < 1.29 is 4.79 Å². The Morgan fingerprint density at radius 1 is 0.889 bits per heavy atom. The number of nitrogens with zero attached hydrogens (tertiary/aromatic N) is 2. The maximum absolute atomic E-state index is 13.7. The summed E-state index contributed by atoms with van der Waals surface area (Å²) in [6.45, 7) is 4.95. The maximum atomic E-state index is 13.7. The van der Waals surface area contributed by atoms with E-state index in [2.05, 4.69) is 85.0 Å². The van der Waals surface area contributed by atoms with Crippen LogP contribution in [0.2, 0.25) is 0 Å². The lowest BCUT2D eigenvalue weighted by Crippen LogP contribution is -2.38. The third kappa shape index (κ3) is 4.89. The Kier molecular flexibility index (Phi) is 6.96. The van der Waals surface area contributed by atoms with Crippen molar-refractivity contribution in [1.29, 1.82) is 0 Å². The quantitative estimate of drug-likeness (QED) is 0.255. The number of piperidine rings is 1. The number of hydrogen-bond donors (Lipinski definition) is 0. The maximum Gasteiger partial charge on any atom is 0.254 e. The van der Waals surface area contributed by atoms with Gasteiger partial charge in [-0.15, -0.1) is 0 Å². The Labute approximate surface area is 225 Å². The fourth-order valence-electron chi connectivity index (χ4n) is 6.18. The summed E-state index contributed by atoms with van der Waals surface area (Å²) >= 11 is 5.32. The standard InChI is InChI=1S/C31H31BrN2OS/c32-27-10-8-22(9-11-27)23-12-15-33(16-13-23)18-26-19-34(20-30(26)25-14-17-36-21-25)31(35)29-7-3-5-24-4-1-2-6-28(24)29/h1-11,14,17,21,23,26,30H,12-13,15-16,18-20H2. The van der Waals surface area contributed by atoms with Crippen LogP contribution in [0.5, 0.6) is 0 Å². The third-order valence-electron chi connectivity index (χ3n) is 8.14. The summed E-state index contributed by atoms with van der Waals surface area (Å²) in [4.78, 5) is 18.5. The molecule has 6 rings (SSSR count). The van der Waals surface area contributed by atoms with Crippen LogP contribution < -0.4 is 0 Å². The lowest BCUT2D eigenvalue weighted by Gasteiger charge is -2.34. The minimum atomic E-state index is 0.170.